The number of hydroxylamine groups is 1. The normalized spacial score (nSPS) is 11.4. The number of sulfonamides is 1. The number of ether oxygens (including phenoxy) is 3. The van der Waals surface area contributed by atoms with E-state index in [-0.39, 0.29) is 22.8 Å². The van der Waals surface area contributed by atoms with Gasteiger partial charge in [-0.15, -0.1) is 0 Å². The maximum Gasteiger partial charge on any atom is 0.338 e. The fraction of sp³-hybridized carbons (Fsp3) is 0.278. The molecule has 0 aliphatic carbocycles. The van der Waals surface area contributed by atoms with Crippen molar-refractivity contribution in [2.24, 2.45) is 0 Å². The zero-order valence-corrected chi connectivity index (χ0v) is 16.6. The number of benzene rings is 2. The van der Waals surface area contributed by atoms with Crippen LogP contribution in [-0.4, -0.2) is 47.2 Å². The van der Waals surface area contributed by atoms with Crippen molar-refractivity contribution in [3.05, 3.63) is 53.3 Å². The minimum absolute atomic E-state index is 0.0285. The molecule has 8 nitrogen and oxygen atoms in total. The largest absolute Gasteiger partial charge is 0.496 e. The Labute approximate surface area is 162 Å². The van der Waals surface area contributed by atoms with Crippen molar-refractivity contribution in [1.82, 2.24) is 4.47 Å². The number of hydrogen-bond donors (Lipinski definition) is 0. The predicted molar refractivity (Wildman–Crippen MR) is 97.0 cm³/mol. The van der Waals surface area contributed by atoms with Crippen LogP contribution in [0.25, 0.3) is 0 Å². The highest BCUT2D eigenvalue weighted by atomic mass is 32.2. The lowest BCUT2D eigenvalue weighted by molar-refractivity contribution is -0.0259. The van der Waals surface area contributed by atoms with Crippen molar-refractivity contribution in [2.45, 2.75) is 11.5 Å². The van der Waals surface area contributed by atoms with Gasteiger partial charge in [0.05, 0.1) is 26.9 Å². The van der Waals surface area contributed by atoms with E-state index in [0.29, 0.717) is 15.8 Å². The molecule has 0 amide bonds. The molecule has 10 heteroatoms. The summed E-state index contributed by atoms with van der Waals surface area (Å²) in [5.74, 6) is -0.918. The molecule has 0 heterocycles. The first-order chi connectivity index (χ1) is 13.2. The molecule has 2 aromatic carbocycles. The number of hydrogen-bond acceptors (Lipinski definition) is 7. The molecule has 0 saturated carbocycles. The summed E-state index contributed by atoms with van der Waals surface area (Å²) in [4.78, 5) is 16.9. The van der Waals surface area contributed by atoms with E-state index in [1.165, 1.54) is 58.7 Å². The molecule has 2 aromatic rings. The summed E-state index contributed by atoms with van der Waals surface area (Å²) in [7, 11) is 1.04. The van der Waals surface area contributed by atoms with E-state index >= 15 is 0 Å². The Kier molecular flexibility index (Phi) is 6.95. The Morgan fingerprint density at radius 3 is 2.29 bits per heavy atom. The maximum atomic E-state index is 13.4. The molecule has 0 radical (unpaired) electrons. The number of esters is 1. The van der Waals surface area contributed by atoms with Gasteiger partial charge in [0.1, 0.15) is 28.8 Å². The van der Waals surface area contributed by atoms with Crippen molar-refractivity contribution in [3.8, 4) is 11.5 Å². The molecule has 0 spiro atoms. The third-order valence-corrected chi connectivity index (χ3v) is 5.57. The van der Waals surface area contributed by atoms with Crippen LogP contribution in [0.2, 0.25) is 0 Å². The predicted octanol–water partition coefficient (Wildman–Crippen LogP) is 2.38. The van der Waals surface area contributed by atoms with Gasteiger partial charge in [-0.05, 0) is 36.4 Å². The third-order valence-electron chi connectivity index (χ3n) is 3.87. The second kappa shape index (κ2) is 9.00. The lowest BCUT2D eigenvalue weighted by Gasteiger charge is -2.17. The van der Waals surface area contributed by atoms with Crippen LogP contribution in [0.5, 0.6) is 11.5 Å². The van der Waals surface area contributed by atoms with Gasteiger partial charge in [0, 0.05) is 12.6 Å². The van der Waals surface area contributed by atoms with Crippen LogP contribution in [0.1, 0.15) is 15.9 Å². The fourth-order valence-corrected chi connectivity index (χ4v) is 3.48. The van der Waals surface area contributed by atoms with Gasteiger partial charge < -0.3 is 14.2 Å². The van der Waals surface area contributed by atoms with Gasteiger partial charge in [-0.1, -0.05) is 4.47 Å². The molecule has 0 aromatic heterocycles. The number of halogens is 1. The molecule has 0 saturated heterocycles. The van der Waals surface area contributed by atoms with Gasteiger partial charge in [-0.3, -0.25) is 4.84 Å². The van der Waals surface area contributed by atoms with E-state index in [2.05, 4.69) is 0 Å². The number of carbonyl (C=O) groups is 1. The topological polar surface area (TPSA) is 91.4 Å². The van der Waals surface area contributed by atoms with Crippen LogP contribution in [0, 0.1) is 5.82 Å². The lowest BCUT2D eigenvalue weighted by atomic mass is 10.2. The highest BCUT2D eigenvalue weighted by molar-refractivity contribution is 7.89. The first kappa shape index (κ1) is 21.6. The number of carbonyl (C=O) groups excluding carboxylic acids is 1. The van der Waals surface area contributed by atoms with Gasteiger partial charge in [0.25, 0.3) is 10.0 Å². The Balaban J connectivity index is 2.30. The summed E-state index contributed by atoms with van der Waals surface area (Å²) in [5.41, 5.74) is 0.301. The summed E-state index contributed by atoms with van der Waals surface area (Å²) in [5, 5.41) is 0. The summed E-state index contributed by atoms with van der Waals surface area (Å²) < 4.78 is 54.4. The molecule has 0 aliphatic heterocycles. The SMILES string of the molecule is COc1ccc(F)cc1COC(=O)c1ccc(OC)c(S(=O)(=O)N(C)OC)c1. The highest BCUT2D eigenvalue weighted by Crippen LogP contribution is 2.28. The van der Waals surface area contributed by atoms with E-state index in [4.69, 9.17) is 19.0 Å². The second-order valence-corrected chi connectivity index (χ2v) is 7.40. The number of rotatable bonds is 8. The summed E-state index contributed by atoms with van der Waals surface area (Å²) in [6.07, 6.45) is 0. The lowest BCUT2D eigenvalue weighted by Crippen LogP contribution is -2.26. The highest BCUT2D eigenvalue weighted by Gasteiger charge is 2.27. The van der Waals surface area contributed by atoms with Crippen molar-refractivity contribution in [3.63, 3.8) is 0 Å². The van der Waals surface area contributed by atoms with Gasteiger partial charge in [0.15, 0.2) is 0 Å². The Bertz CT molecular complexity index is 962. The maximum absolute atomic E-state index is 13.4. The summed E-state index contributed by atoms with van der Waals surface area (Å²) in [6.45, 7) is -0.258. The first-order valence-electron chi connectivity index (χ1n) is 7.95. The molecular weight excluding hydrogens is 393 g/mol. The molecule has 0 unspecified atom stereocenters. The van der Waals surface area contributed by atoms with Crippen LogP contribution in [0.3, 0.4) is 0 Å². The van der Waals surface area contributed by atoms with Gasteiger partial charge >= 0.3 is 5.97 Å². The molecule has 2 rings (SSSR count). The minimum atomic E-state index is -4.06. The smallest absolute Gasteiger partial charge is 0.338 e. The van der Waals surface area contributed by atoms with Crippen molar-refractivity contribution in [2.75, 3.05) is 28.4 Å². The molecule has 0 bridgehead atoms. The van der Waals surface area contributed by atoms with E-state index < -0.39 is 21.8 Å². The monoisotopic (exact) mass is 413 g/mol. The molecule has 0 aliphatic rings. The average molecular weight is 413 g/mol. The summed E-state index contributed by atoms with van der Waals surface area (Å²) in [6, 6.07) is 7.62. The molecule has 0 atom stereocenters. The van der Waals surface area contributed by atoms with Gasteiger partial charge in [0.2, 0.25) is 0 Å². The van der Waals surface area contributed by atoms with Gasteiger partial charge in [-0.25, -0.2) is 17.6 Å². The fourth-order valence-electron chi connectivity index (χ4n) is 2.33. The van der Waals surface area contributed by atoms with Crippen molar-refractivity contribution >= 4 is 16.0 Å². The van der Waals surface area contributed by atoms with Crippen molar-refractivity contribution < 1.29 is 36.7 Å². The van der Waals surface area contributed by atoms with Crippen LogP contribution < -0.4 is 9.47 Å². The van der Waals surface area contributed by atoms with E-state index in [9.17, 15) is 17.6 Å². The Morgan fingerprint density at radius 2 is 1.68 bits per heavy atom. The molecule has 0 fully saturated rings. The van der Waals surface area contributed by atoms with E-state index in [0.717, 1.165) is 6.07 Å². The van der Waals surface area contributed by atoms with Gasteiger partial charge in [-0.2, -0.15) is 0 Å². The molecule has 28 heavy (non-hydrogen) atoms. The average Bonchev–Trinajstić information content (AvgIpc) is 2.70. The van der Waals surface area contributed by atoms with Crippen molar-refractivity contribution in [1.29, 1.82) is 0 Å². The Morgan fingerprint density at radius 1 is 1.04 bits per heavy atom. The van der Waals surface area contributed by atoms with E-state index in [1.54, 1.807) is 0 Å². The van der Waals surface area contributed by atoms with Crippen LogP contribution >= 0.6 is 0 Å². The standard InChI is InChI=1S/C18H20FNO7S/c1-20(26-4)28(22,23)17-10-12(5-7-16(17)25-3)18(21)27-11-13-9-14(19)6-8-15(13)24-2/h5-10H,11H2,1-4H3. The number of methoxy groups -OCH3 is 2. The number of nitrogens with zero attached hydrogens (tertiary/aromatic N) is 1. The van der Waals surface area contributed by atoms with Crippen LogP contribution in [-0.2, 0) is 26.2 Å². The summed E-state index contributed by atoms with van der Waals surface area (Å²) >= 11 is 0. The first-order valence-corrected chi connectivity index (χ1v) is 9.39. The van der Waals surface area contributed by atoms with E-state index in [1.807, 2.05) is 0 Å². The molecular formula is C18H20FNO7S. The van der Waals surface area contributed by atoms with Crippen LogP contribution in [0.15, 0.2) is 41.3 Å². The molecule has 0 N–H and O–H groups in total. The Hall–Kier alpha value is -2.69. The second-order valence-electron chi connectivity index (χ2n) is 5.50. The quantitative estimate of drug-likeness (QED) is 0.485. The van der Waals surface area contributed by atoms with Crippen LogP contribution in [0.4, 0.5) is 4.39 Å². The third kappa shape index (κ3) is 4.58. The molecule has 152 valence electrons. The minimum Gasteiger partial charge on any atom is -0.496 e. The zero-order chi connectivity index (χ0) is 20.9. The zero-order valence-electron chi connectivity index (χ0n) is 15.8.